The number of nitrogens with two attached hydrogens (primary N) is 1. The van der Waals surface area contributed by atoms with E-state index >= 15 is 0 Å². The summed E-state index contributed by atoms with van der Waals surface area (Å²) in [7, 11) is 0. The molecule has 3 aliphatic rings. The molecule has 166 valence electrons. The van der Waals surface area contributed by atoms with Gasteiger partial charge in [0, 0.05) is 47.4 Å². The predicted molar refractivity (Wildman–Crippen MR) is 118 cm³/mol. The van der Waals surface area contributed by atoms with Crippen LogP contribution >= 0.6 is 36.2 Å². The molecular weight excluding hydrogens is 439 g/mol. The highest BCUT2D eigenvalue weighted by Crippen LogP contribution is 2.51. The Bertz CT molecular complexity index is 656. The van der Waals surface area contributed by atoms with Gasteiger partial charge in [0.05, 0.1) is 0 Å². The molecule has 2 unspecified atom stereocenters. The van der Waals surface area contributed by atoms with E-state index in [2.05, 4.69) is 10.6 Å². The summed E-state index contributed by atoms with van der Waals surface area (Å²) in [4.78, 5) is 12.3. The third-order valence-corrected chi connectivity index (χ3v) is 7.29. The van der Waals surface area contributed by atoms with Gasteiger partial charge in [0.25, 0.3) is 11.8 Å². The highest BCUT2D eigenvalue weighted by Gasteiger charge is 2.56. The maximum Gasteiger partial charge on any atom is 0.252 e. The Morgan fingerprint density at radius 3 is 2.48 bits per heavy atom. The third-order valence-electron chi connectivity index (χ3n) is 6.60. The van der Waals surface area contributed by atoms with Gasteiger partial charge in [0.15, 0.2) is 0 Å². The largest absolute Gasteiger partial charge is 0.349 e. The Balaban J connectivity index is 0.00000150. The highest BCUT2D eigenvalue weighted by atomic mass is 35.5. The Morgan fingerprint density at radius 2 is 1.83 bits per heavy atom. The summed E-state index contributed by atoms with van der Waals surface area (Å²) >= 11 is 1.47. The molecule has 0 aliphatic heterocycles. The number of amides is 1. The summed E-state index contributed by atoms with van der Waals surface area (Å²) in [6.45, 7) is 0. The quantitative estimate of drug-likeness (QED) is 0.599. The molecule has 4 N–H and O–H groups in total. The lowest BCUT2D eigenvalue weighted by Gasteiger charge is -2.37. The van der Waals surface area contributed by atoms with E-state index in [9.17, 15) is 13.6 Å². The van der Waals surface area contributed by atoms with Crippen LogP contribution in [0.1, 0.15) is 61.7 Å². The van der Waals surface area contributed by atoms with Crippen LogP contribution in [0.4, 0.5) is 8.78 Å². The normalized spacial score (nSPS) is 35.7. The molecule has 0 aromatic carbocycles. The van der Waals surface area contributed by atoms with Crippen molar-refractivity contribution in [1.82, 2.24) is 10.6 Å². The lowest BCUT2D eigenvalue weighted by atomic mass is 9.79. The van der Waals surface area contributed by atoms with Crippen LogP contribution in [-0.2, 0) is 0 Å². The topological polar surface area (TPSA) is 67.2 Å². The Labute approximate surface area is 187 Å². The van der Waals surface area contributed by atoms with Crippen molar-refractivity contribution in [2.24, 2.45) is 17.6 Å². The van der Waals surface area contributed by atoms with Crippen molar-refractivity contribution in [1.29, 1.82) is 0 Å². The standard InChI is InChI=1S/C20H29F2N3OS.2ClH/c21-20(22)7-5-15(25-19(26)12-6-8-27-11-12)9-17(20)16-10-18(16)24-14-3-1-13(23)2-4-14;;/h6,8,11,13-18,24H,1-5,7,9-10,23H2,(H,25,26);2*1H/t13?,14?,15?,16-,17?,18-;;/m1../s1. The summed E-state index contributed by atoms with van der Waals surface area (Å²) in [6.07, 6.45) is 5.56. The van der Waals surface area contributed by atoms with Crippen molar-refractivity contribution < 1.29 is 13.6 Å². The zero-order chi connectivity index (χ0) is 19.0. The van der Waals surface area contributed by atoms with Crippen LogP contribution < -0.4 is 16.4 Å². The molecule has 0 radical (unpaired) electrons. The number of carbonyl (C=O) groups is 1. The number of hydrogen-bond acceptors (Lipinski definition) is 4. The third kappa shape index (κ3) is 6.03. The van der Waals surface area contributed by atoms with Crippen LogP contribution in [0.5, 0.6) is 0 Å². The summed E-state index contributed by atoms with van der Waals surface area (Å²) < 4.78 is 29.2. The summed E-state index contributed by atoms with van der Waals surface area (Å²) in [5.74, 6) is -3.38. The molecule has 4 nitrogen and oxygen atoms in total. The van der Waals surface area contributed by atoms with Crippen molar-refractivity contribution >= 4 is 42.1 Å². The second kappa shape index (κ2) is 10.2. The first-order chi connectivity index (χ1) is 12.9. The van der Waals surface area contributed by atoms with Crippen molar-refractivity contribution in [2.45, 2.75) is 81.5 Å². The minimum atomic E-state index is -2.63. The van der Waals surface area contributed by atoms with Crippen LogP contribution in [0, 0.1) is 11.8 Å². The Morgan fingerprint density at radius 1 is 1.10 bits per heavy atom. The molecule has 0 saturated heterocycles. The maximum absolute atomic E-state index is 14.6. The van der Waals surface area contributed by atoms with Crippen LogP contribution in [-0.4, -0.2) is 36.0 Å². The van der Waals surface area contributed by atoms with Gasteiger partial charge in [-0.2, -0.15) is 11.3 Å². The maximum atomic E-state index is 14.6. The van der Waals surface area contributed by atoms with E-state index in [-0.39, 0.29) is 55.1 Å². The molecule has 1 aromatic rings. The van der Waals surface area contributed by atoms with Crippen molar-refractivity contribution in [3.8, 4) is 0 Å². The van der Waals surface area contributed by atoms with Crippen LogP contribution in [0.25, 0.3) is 0 Å². The molecule has 4 rings (SSSR count). The molecule has 0 spiro atoms. The zero-order valence-electron chi connectivity index (χ0n) is 16.3. The highest BCUT2D eigenvalue weighted by molar-refractivity contribution is 7.08. The van der Waals surface area contributed by atoms with Gasteiger partial charge in [0.2, 0.25) is 0 Å². The SMILES string of the molecule is Cl.Cl.NC1CCC(N[C@@H]2C[C@@H]2C2CC(NC(=O)c3ccsc3)CCC2(F)F)CC1. The van der Waals surface area contributed by atoms with Crippen LogP contribution in [0.2, 0.25) is 0 Å². The molecular formula is C20H31Cl2F2N3OS. The number of alkyl halides is 2. The molecule has 3 fully saturated rings. The number of halogens is 4. The molecule has 1 heterocycles. The van der Waals surface area contributed by atoms with Crippen molar-refractivity contribution in [3.05, 3.63) is 22.4 Å². The van der Waals surface area contributed by atoms with E-state index < -0.39 is 11.8 Å². The summed E-state index contributed by atoms with van der Waals surface area (Å²) in [6, 6.07) is 2.54. The van der Waals surface area contributed by atoms with Crippen molar-refractivity contribution in [2.75, 3.05) is 0 Å². The molecule has 4 atom stereocenters. The fraction of sp³-hybridized carbons (Fsp3) is 0.750. The van der Waals surface area contributed by atoms with Gasteiger partial charge in [-0.3, -0.25) is 4.79 Å². The fourth-order valence-electron chi connectivity index (χ4n) is 4.87. The van der Waals surface area contributed by atoms with Crippen LogP contribution in [0.15, 0.2) is 16.8 Å². The smallest absolute Gasteiger partial charge is 0.252 e. The van der Waals surface area contributed by atoms with Gasteiger partial charge >= 0.3 is 0 Å². The Kier molecular flexibility index (Phi) is 8.74. The van der Waals surface area contributed by atoms with Gasteiger partial charge in [-0.1, -0.05) is 0 Å². The van der Waals surface area contributed by atoms with E-state index in [1.165, 1.54) is 11.3 Å². The summed E-state index contributed by atoms with van der Waals surface area (Å²) in [5.41, 5.74) is 6.57. The molecule has 3 aliphatic carbocycles. The number of nitrogens with one attached hydrogen (secondary N) is 2. The van der Waals surface area contributed by atoms with Crippen LogP contribution in [0.3, 0.4) is 0 Å². The van der Waals surface area contributed by atoms with E-state index in [1.54, 1.807) is 11.4 Å². The predicted octanol–water partition coefficient (Wildman–Crippen LogP) is 4.37. The molecule has 29 heavy (non-hydrogen) atoms. The van der Waals surface area contributed by atoms with Gasteiger partial charge in [0.1, 0.15) is 0 Å². The number of hydrogen-bond donors (Lipinski definition) is 3. The van der Waals surface area contributed by atoms with Gasteiger partial charge in [-0.25, -0.2) is 8.78 Å². The number of rotatable bonds is 5. The Hall–Kier alpha value is -0.470. The lowest BCUT2D eigenvalue weighted by Crippen LogP contribution is -2.47. The van der Waals surface area contributed by atoms with Gasteiger partial charge in [-0.05, 0) is 62.3 Å². The number of carbonyl (C=O) groups excluding carboxylic acids is 1. The first-order valence-electron chi connectivity index (χ1n) is 10.1. The number of thiophene rings is 1. The van der Waals surface area contributed by atoms with E-state index in [1.807, 2.05) is 5.38 Å². The molecule has 3 saturated carbocycles. The molecule has 0 bridgehead atoms. The average Bonchev–Trinajstić information content (AvgIpc) is 3.15. The van der Waals surface area contributed by atoms with E-state index in [0.717, 1.165) is 32.1 Å². The second-order valence-corrected chi connectivity index (χ2v) is 9.39. The fourth-order valence-corrected chi connectivity index (χ4v) is 5.51. The molecule has 9 heteroatoms. The molecule has 1 aromatic heterocycles. The monoisotopic (exact) mass is 469 g/mol. The first kappa shape index (κ1) is 24.8. The van der Waals surface area contributed by atoms with Gasteiger partial charge < -0.3 is 16.4 Å². The van der Waals surface area contributed by atoms with Gasteiger partial charge in [-0.15, -0.1) is 24.8 Å². The minimum Gasteiger partial charge on any atom is -0.349 e. The van der Waals surface area contributed by atoms with E-state index in [4.69, 9.17) is 5.73 Å². The summed E-state index contributed by atoms with van der Waals surface area (Å²) in [5, 5.41) is 10.2. The minimum absolute atomic E-state index is 0. The zero-order valence-corrected chi connectivity index (χ0v) is 18.8. The first-order valence-corrected chi connectivity index (χ1v) is 11.1. The van der Waals surface area contributed by atoms with E-state index in [0.29, 0.717) is 30.5 Å². The molecule has 1 amide bonds. The second-order valence-electron chi connectivity index (χ2n) is 8.61. The van der Waals surface area contributed by atoms with Crippen molar-refractivity contribution in [3.63, 3.8) is 0 Å². The average molecular weight is 470 g/mol. The lowest BCUT2D eigenvalue weighted by molar-refractivity contribution is -0.100.